The van der Waals surface area contributed by atoms with Gasteiger partial charge < -0.3 is 4.74 Å². The van der Waals surface area contributed by atoms with E-state index >= 15 is 0 Å². The molecular formula is C15H14FNO4S. The van der Waals surface area contributed by atoms with Gasteiger partial charge in [-0.25, -0.2) is 12.8 Å². The van der Waals surface area contributed by atoms with Gasteiger partial charge in [0.15, 0.2) is 0 Å². The second kappa shape index (κ2) is 7.15. The van der Waals surface area contributed by atoms with Crippen LogP contribution in [0.3, 0.4) is 0 Å². The summed E-state index contributed by atoms with van der Waals surface area (Å²) in [6, 6.07) is 13.9. The third-order valence-electron chi connectivity index (χ3n) is 2.78. The van der Waals surface area contributed by atoms with Crippen LogP contribution in [0.5, 0.6) is 0 Å². The maximum Gasteiger partial charge on any atom is 0.321 e. The van der Waals surface area contributed by atoms with Crippen molar-refractivity contribution in [2.75, 3.05) is 6.54 Å². The topological polar surface area (TPSA) is 72.5 Å². The van der Waals surface area contributed by atoms with E-state index in [1.807, 2.05) is 10.8 Å². The van der Waals surface area contributed by atoms with Gasteiger partial charge in [0, 0.05) is 0 Å². The highest BCUT2D eigenvalue weighted by atomic mass is 32.2. The van der Waals surface area contributed by atoms with Crippen molar-refractivity contribution in [2.45, 2.75) is 11.5 Å². The Balaban J connectivity index is 1.89. The molecule has 0 aromatic heterocycles. The molecule has 0 bridgehead atoms. The van der Waals surface area contributed by atoms with Crippen LogP contribution < -0.4 is 4.72 Å². The number of hydrogen-bond acceptors (Lipinski definition) is 4. The fourth-order valence-corrected chi connectivity index (χ4v) is 2.73. The highest BCUT2D eigenvalue weighted by Gasteiger charge is 2.19. The summed E-state index contributed by atoms with van der Waals surface area (Å²) < 4.78 is 44.1. The van der Waals surface area contributed by atoms with Crippen LogP contribution in [0.2, 0.25) is 0 Å². The average molecular weight is 323 g/mol. The average Bonchev–Trinajstić information content (AvgIpc) is 2.52. The van der Waals surface area contributed by atoms with Crippen LogP contribution >= 0.6 is 0 Å². The van der Waals surface area contributed by atoms with Crippen molar-refractivity contribution >= 4 is 16.0 Å². The van der Waals surface area contributed by atoms with Gasteiger partial charge in [-0.15, -0.1) is 0 Å². The van der Waals surface area contributed by atoms with Crippen LogP contribution in [-0.4, -0.2) is 20.9 Å². The van der Waals surface area contributed by atoms with Crippen LogP contribution in [-0.2, 0) is 26.2 Å². The summed E-state index contributed by atoms with van der Waals surface area (Å²) in [6.45, 7) is -0.523. The highest BCUT2D eigenvalue weighted by Crippen LogP contribution is 2.12. The first kappa shape index (κ1) is 16.1. The first-order valence-corrected chi connectivity index (χ1v) is 7.91. The number of sulfonamides is 1. The molecule has 0 amide bonds. The number of ether oxygens (including phenoxy) is 1. The van der Waals surface area contributed by atoms with Gasteiger partial charge in [-0.1, -0.05) is 42.5 Å². The molecular weight excluding hydrogens is 309 g/mol. The van der Waals surface area contributed by atoms with E-state index in [1.54, 1.807) is 24.3 Å². The summed E-state index contributed by atoms with van der Waals surface area (Å²) >= 11 is 0. The van der Waals surface area contributed by atoms with Crippen LogP contribution in [0, 0.1) is 5.82 Å². The zero-order valence-corrected chi connectivity index (χ0v) is 12.3. The molecule has 0 fully saturated rings. The lowest BCUT2D eigenvalue weighted by Gasteiger charge is -2.08. The summed E-state index contributed by atoms with van der Waals surface area (Å²) in [5.74, 6) is -1.63. The number of hydrogen-bond donors (Lipinski definition) is 1. The van der Waals surface area contributed by atoms with E-state index < -0.39 is 33.3 Å². The van der Waals surface area contributed by atoms with E-state index in [4.69, 9.17) is 4.74 Å². The van der Waals surface area contributed by atoms with Crippen LogP contribution in [0.15, 0.2) is 59.5 Å². The van der Waals surface area contributed by atoms with Crippen molar-refractivity contribution in [2.24, 2.45) is 0 Å². The molecule has 1 N–H and O–H groups in total. The van der Waals surface area contributed by atoms with Gasteiger partial charge in [-0.2, -0.15) is 4.72 Å². The first-order valence-electron chi connectivity index (χ1n) is 6.43. The Morgan fingerprint density at radius 1 is 1.05 bits per heavy atom. The molecule has 0 atom stereocenters. The van der Waals surface area contributed by atoms with Gasteiger partial charge in [0.2, 0.25) is 10.0 Å². The fourth-order valence-electron chi connectivity index (χ4n) is 1.68. The summed E-state index contributed by atoms with van der Waals surface area (Å²) in [6.07, 6.45) is 0. The Kier molecular flexibility index (Phi) is 5.24. The molecule has 0 unspecified atom stereocenters. The third-order valence-corrected chi connectivity index (χ3v) is 4.21. The molecule has 2 aromatic carbocycles. The molecule has 2 rings (SSSR count). The van der Waals surface area contributed by atoms with Gasteiger partial charge in [0.05, 0.1) is 0 Å². The number of halogens is 1. The largest absolute Gasteiger partial charge is 0.460 e. The van der Waals surface area contributed by atoms with E-state index in [-0.39, 0.29) is 6.61 Å². The molecule has 116 valence electrons. The SMILES string of the molecule is O=C(CNS(=O)(=O)c1ccccc1F)OCc1ccccc1. The van der Waals surface area contributed by atoms with Crippen molar-refractivity contribution < 1.29 is 22.3 Å². The predicted molar refractivity (Wildman–Crippen MR) is 77.8 cm³/mol. The van der Waals surface area contributed by atoms with Crippen molar-refractivity contribution in [3.8, 4) is 0 Å². The Morgan fingerprint density at radius 3 is 2.36 bits per heavy atom. The van der Waals surface area contributed by atoms with Crippen molar-refractivity contribution in [1.82, 2.24) is 4.72 Å². The summed E-state index contributed by atoms with van der Waals surface area (Å²) in [4.78, 5) is 11.0. The monoisotopic (exact) mass is 323 g/mol. The third kappa shape index (κ3) is 4.37. The molecule has 0 spiro atoms. The van der Waals surface area contributed by atoms with Gasteiger partial charge in [0.25, 0.3) is 0 Å². The van der Waals surface area contributed by atoms with Gasteiger partial charge in [-0.05, 0) is 17.7 Å². The number of carbonyl (C=O) groups excluding carboxylic acids is 1. The van der Waals surface area contributed by atoms with Gasteiger partial charge in [-0.3, -0.25) is 4.79 Å². The minimum Gasteiger partial charge on any atom is -0.460 e. The highest BCUT2D eigenvalue weighted by molar-refractivity contribution is 7.89. The molecule has 0 heterocycles. The summed E-state index contributed by atoms with van der Waals surface area (Å²) in [5, 5.41) is 0. The number of esters is 1. The van der Waals surface area contributed by atoms with Gasteiger partial charge in [0.1, 0.15) is 23.9 Å². The lowest BCUT2D eigenvalue weighted by atomic mass is 10.2. The molecule has 0 saturated carbocycles. The molecule has 0 aliphatic rings. The lowest BCUT2D eigenvalue weighted by Crippen LogP contribution is -2.31. The quantitative estimate of drug-likeness (QED) is 0.824. The van der Waals surface area contributed by atoms with Crippen LogP contribution in [0.4, 0.5) is 4.39 Å². The molecule has 0 saturated heterocycles. The van der Waals surface area contributed by atoms with Crippen LogP contribution in [0.25, 0.3) is 0 Å². The Hall–Kier alpha value is -2.25. The molecule has 0 aliphatic heterocycles. The molecule has 0 radical (unpaired) electrons. The van der Waals surface area contributed by atoms with E-state index in [0.717, 1.165) is 17.7 Å². The first-order chi connectivity index (χ1) is 10.5. The van der Waals surface area contributed by atoms with Crippen molar-refractivity contribution in [1.29, 1.82) is 0 Å². The maximum absolute atomic E-state index is 13.4. The number of nitrogens with one attached hydrogen (secondary N) is 1. The van der Waals surface area contributed by atoms with E-state index in [2.05, 4.69) is 0 Å². The fraction of sp³-hybridized carbons (Fsp3) is 0.133. The number of carbonyl (C=O) groups is 1. The molecule has 7 heteroatoms. The second-order valence-corrected chi connectivity index (χ2v) is 6.14. The second-order valence-electron chi connectivity index (χ2n) is 4.40. The number of rotatable bonds is 6. The summed E-state index contributed by atoms with van der Waals surface area (Å²) in [7, 11) is -4.09. The molecule has 2 aromatic rings. The zero-order valence-electron chi connectivity index (χ0n) is 11.5. The van der Waals surface area contributed by atoms with E-state index in [1.165, 1.54) is 12.1 Å². The molecule has 5 nitrogen and oxygen atoms in total. The Bertz CT molecular complexity index is 747. The zero-order chi connectivity index (χ0) is 16.0. The standard InChI is InChI=1S/C15H14FNO4S/c16-13-8-4-5-9-14(13)22(19,20)17-10-15(18)21-11-12-6-2-1-3-7-12/h1-9,17H,10-11H2. The Morgan fingerprint density at radius 2 is 1.68 bits per heavy atom. The minimum absolute atomic E-state index is 0.0428. The number of benzene rings is 2. The molecule has 0 aliphatic carbocycles. The summed E-state index contributed by atoms with van der Waals surface area (Å²) in [5.41, 5.74) is 0.785. The Labute approximate surface area is 127 Å². The maximum atomic E-state index is 13.4. The van der Waals surface area contributed by atoms with Crippen molar-refractivity contribution in [3.05, 3.63) is 66.0 Å². The lowest BCUT2D eigenvalue weighted by molar-refractivity contribution is -0.143. The van der Waals surface area contributed by atoms with Crippen molar-refractivity contribution in [3.63, 3.8) is 0 Å². The van der Waals surface area contributed by atoms with E-state index in [0.29, 0.717) is 0 Å². The van der Waals surface area contributed by atoms with Crippen LogP contribution in [0.1, 0.15) is 5.56 Å². The molecule has 22 heavy (non-hydrogen) atoms. The van der Waals surface area contributed by atoms with Gasteiger partial charge >= 0.3 is 5.97 Å². The smallest absolute Gasteiger partial charge is 0.321 e. The van der Waals surface area contributed by atoms with E-state index in [9.17, 15) is 17.6 Å². The minimum atomic E-state index is -4.09. The normalized spacial score (nSPS) is 11.1. The predicted octanol–water partition coefficient (Wildman–Crippen LogP) is 1.85.